The van der Waals surface area contributed by atoms with Gasteiger partial charge in [-0.15, -0.1) is 0 Å². The summed E-state index contributed by atoms with van der Waals surface area (Å²) < 4.78 is 55.8. The van der Waals surface area contributed by atoms with Crippen LogP contribution in [0.15, 0.2) is 22.4 Å². The quantitative estimate of drug-likeness (QED) is 0.467. The van der Waals surface area contributed by atoms with Crippen LogP contribution >= 0.6 is 11.6 Å². The number of ketones is 1. The number of hydrogen-bond acceptors (Lipinski definition) is 5. The number of carboxylic acids is 1. The molecule has 0 aliphatic carbocycles. The topological polar surface area (TPSA) is 88.3 Å². The van der Waals surface area contributed by atoms with Crippen molar-refractivity contribution in [2.45, 2.75) is 32.2 Å². The Balaban J connectivity index is 3.19. The zero-order valence-electron chi connectivity index (χ0n) is 12.3. The van der Waals surface area contributed by atoms with Gasteiger partial charge in [-0.2, -0.15) is 23.4 Å². The number of benzene rings is 1. The lowest BCUT2D eigenvalue weighted by atomic mass is 10.2. The van der Waals surface area contributed by atoms with Crippen molar-refractivity contribution in [2.75, 3.05) is 0 Å². The van der Waals surface area contributed by atoms with Gasteiger partial charge in [0.05, 0.1) is 11.1 Å². The van der Waals surface area contributed by atoms with Gasteiger partial charge in [-0.3, -0.25) is 4.79 Å². The molecule has 1 rings (SSSR count). The average molecular weight is 371 g/mol. The number of rotatable bonds is 6. The largest absolute Gasteiger partial charge is 0.489 e. The highest BCUT2D eigenvalue weighted by atomic mass is 35.5. The van der Waals surface area contributed by atoms with Gasteiger partial charge in [0.15, 0.2) is 5.82 Å². The molecule has 1 atom stereocenters. The minimum Gasteiger partial charge on any atom is -0.489 e. The van der Waals surface area contributed by atoms with E-state index in [1.165, 1.54) is 0 Å². The van der Waals surface area contributed by atoms with Crippen LogP contribution in [0.3, 0.4) is 0 Å². The molecule has 1 N–H and O–H groups in total. The first kappa shape index (κ1) is 19.8. The summed E-state index contributed by atoms with van der Waals surface area (Å²) in [6.45, 7) is 3.28. The number of alkyl halides is 3. The summed E-state index contributed by atoms with van der Waals surface area (Å²) in [5, 5.41) is 14.4. The monoisotopic (exact) mass is 370 g/mol. The molecule has 24 heavy (non-hydrogen) atoms. The molecular weight excluding hydrogens is 360 g/mol. The lowest BCUT2D eigenvalue weighted by molar-refractivity contribution is -0.175. The zero-order chi connectivity index (χ0) is 18.7. The van der Waals surface area contributed by atoms with E-state index < -0.39 is 35.5 Å². The van der Waals surface area contributed by atoms with Crippen LogP contribution in [0, 0.1) is 5.82 Å². The van der Waals surface area contributed by atoms with Gasteiger partial charge < -0.3 is 9.84 Å². The van der Waals surface area contributed by atoms with Crippen molar-refractivity contribution >= 4 is 29.0 Å². The van der Waals surface area contributed by atoms with E-state index in [1.54, 1.807) is 13.8 Å². The van der Waals surface area contributed by atoms with E-state index in [-0.39, 0.29) is 16.9 Å². The molecule has 0 fully saturated rings. The number of nitrogens with zero attached hydrogens (tertiary/aromatic N) is 2. The van der Waals surface area contributed by atoms with Crippen molar-refractivity contribution in [2.24, 2.45) is 10.2 Å². The molecule has 0 saturated heterocycles. The van der Waals surface area contributed by atoms with Gasteiger partial charge in [0.1, 0.15) is 11.4 Å². The molecule has 1 unspecified atom stereocenters. The maximum absolute atomic E-state index is 13.7. The van der Waals surface area contributed by atoms with Gasteiger partial charge in [0.25, 0.3) is 5.78 Å². The lowest BCUT2D eigenvalue weighted by Crippen LogP contribution is -2.38. The Morgan fingerprint density at radius 3 is 2.33 bits per heavy atom. The van der Waals surface area contributed by atoms with Crippen LogP contribution in [0.5, 0.6) is 5.75 Å². The fourth-order valence-corrected chi connectivity index (χ4v) is 1.62. The average Bonchev–Trinajstić information content (AvgIpc) is 2.41. The molecule has 0 saturated carbocycles. The molecule has 11 heteroatoms. The minimum atomic E-state index is -5.42. The third kappa shape index (κ3) is 5.15. The number of ether oxygens (including phenoxy) is 1. The van der Waals surface area contributed by atoms with Crippen LogP contribution < -0.4 is 4.74 Å². The van der Waals surface area contributed by atoms with Crippen LogP contribution in [-0.4, -0.2) is 35.2 Å². The number of carboxylic acid groups (broad SMARTS) is 1. The maximum atomic E-state index is 13.7. The van der Waals surface area contributed by atoms with E-state index >= 15 is 0 Å². The Hall–Kier alpha value is -2.23. The second-order valence-electron chi connectivity index (χ2n) is 4.72. The van der Waals surface area contributed by atoms with Crippen LogP contribution in [0.25, 0.3) is 0 Å². The number of hydrogen-bond donors (Lipinski definition) is 1. The molecule has 0 aromatic heterocycles. The summed E-state index contributed by atoms with van der Waals surface area (Å²) in [4.78, 5) is 21.7. The van der Waals surface area contributed by atoms with E-state index in [0.29, 0.717) is 0 Å². The first-order valence-electron chi connectivity index (χ1n) is 6.34. The van der Waals surface area contributed by atoms with Crippen molar-refractivity contribution in [3.05, 3.63) is 23.0 Å². The number of carbonyl (C=O) groups excluding carboxylic acids is 1. The van der Waals surface area contributed by atoms with Crippen molar-refractivity contribution < 1.29 is 37.0 Å². The van der Waals surface area contributed by atoms with Crippen molar-refractivity contribution in [1.29, 1.82) is 0 Å². The molecule has 132 valence electrons. The van der Waals surface area contributed by atoms with Crippen molar-refractivity contribution in [3.8, 4) is 5.75 Å². The molecule has 0 bridgehead atoms. The fourth-order valence-electron chi connectivity index (χ4n) is 1.43. The summed E-state index contributed by atoms with van der Waals surface area (Å²) in [6.07, 6.45) is -5.77. The number of halogens is 5. The first-order valence-corrected chi connectivity index (χ1v) is 6.71. The summed E-state index contributed by atoms with van der Waals surface area (Å²) in [5.41, 5.74) is -0.628. The van der Waals surface area contributed by atoms with E-state index in [2.05, 4.69) is 10.2 Å². The van der Waals surface area contributed by atoms with Crippen LogP contribution in [0.4, 0.5) is 23.2 Å². The van der Waals surface area contributed by atoms with Gasteiger partial charge in [-0.1, -0.05) is 11.6 Å². The van der Waals surface area contributed by atoms with Crippen LogP contribution in [0.1, 0.15) is 13.8 Å². The molecule has 1 aromatic rings. The van der Waals surface area contributed by atoms with Gasteiger partial charge in [-0.05, 0) is 19.9 Å². The number of Topliss-reactive ketones (excluding diaryl/α,β-unsaturated/α-hetero) is 1. The first-order chi connectivity index (χ1) is 10.9. The van der Waals surface area contributed by atoms with Crippen LogP contribution in [0.2, 0.25) is 5.02 Å². The molecule has 0 heterocycles. The fraction of sp³-hybridized carbons (Fsp3) is 0.385. The third-order valence-electron chi connectivity index (χ3n) is 2.41. The Morgan fingerprint density at radius 1 is 1.29 bits per heavy atom. The standard InChI is InChI=1S/C13H11ClF4N2O4/c1-5(2)24-9-4-8(7(15)3-6(9)14)19-20-10(12(22)23)11(21)13(16,17)18/h3-5,10H,1-2H3,(H,22,23). The molecule has 0 spiro atoms. The molecular formula is C13H11ClF4N2O4. The molecule has 6 nitrogen and oxygen atoms in total. The Morgan fingerprint density at radius 2 is 1.88 bits per heavy atom. The van der Waals surface area contributed by atoms with Gasteiger partial charge in [0.2, 0.25) is 6.04 Å². The van der Waals surface area contributed by atoms with Gasteiger partial charge in [-0.25, -0.2) is 9.18 Å². The van der Waals surface area contributed by atoms with Crippen molar-refractivity contribution in [3.63, 3.8) is 0 Å². The summed E-state index contributed by atoms with van der Waals surface area (Å²) >= 11 is 5.73. The summed E-state index contributed by atoms with van der Waals surface area (Å²) in [6, 6.07) is -1.14. The van der Waals surface area contributed by atoms with Gasteiger partial charge in [0, 0.05) is 6.07 Å². The molecule has 1 aromatic carbocycles. The Bertz CT molecular complexity index is 677. The number of aliphatic carboxylic acids is 1. The normalized spacial score (nSPS) is 13.3. The number of azo groups is 1. The lowest BCUT2D eigenvalue weighted by Gasteiger charge is -2.12. The highest BCUT2D eigenvalue weighted by Crippen LogP contribution is 2.33. The molecule has 0 amide bonds. The predicted octanol–water partition coefficient (Wildman–Crippen LogP) is 3.93. The summed E-state index contributed by atoms with van der Waals surface area (Å²) in [5.74, 6) is -5.92. The minimum absolute atomic E-state index is 0.0314. The molecule has 0 aliphatic heterocycles. The number of carbonyl (C=O) groups is 2. The highest BCUT2D eigenvalue weighted by Gasteiger charge is 2.47. The Kier molecular flexibility index (Phi) is 6.24. The van der Waals surface area contributed by atoms with Crippen LogP contribution in [-0.2, 0) is 9.59 Å². The SMILES string of the molecule is CC(C)Oc1cc(N=NC(C(=O)O)C(=O)C(F)(F)F)c(F)cc1Cl. The second kappa shape index (κ2) is 7.56. The molecule has 0 radical (unpaired) electrons. The maximum Gasteiger partial charge on any atom is 0.453 e. The second-order valence-corrected chi connectivity index (χ2v) is 5.13. The third-order valence-corrected chi connectivity index (χ3v) is 2.70. The van der Waals surface area contributed by atoms with Crippen molar-refractivity contribution in [1.82, 2.24) is 0 Å². The van der Waals surface area contributed by atoms with E-state index in [0.717, 1.165) is 12.1 Å². The highest BCUT2D eigenvalue weighted by molar-refractivity contribution is 6.32. The Labute approximate surface area is 138 Å². The predicted molar refractivity (Wildman–Crippen MR) is 74.2 cm³/mol. The smallest absolute Gasteiger partial charge is 0.453 e. The van der Waals surface area contributed by atoms with Gasteiger partial charge >= 0.3 is 12.1 Å². The zero-order valence-corrected chi connectivity index (χ0v) is 13.0. The molecule has 0 aliphatic rings. The van der Waals surface area contributed by atoms with E-state index in [1.807, 2.05) is 0 Å². The van der Waals surface area contributed by atoms with E-state index in [4.69, 9.17) is 21.4 Å². The summed E-state index contributed by atoms with van der Waals surface area (Å²) in [7, 11) is 0. The van der Waals surface area contributed by atoms with E-state index in [9.17, 15) is 27.2 Å².